The number of nitrogens with one attached hydrogen (secondary N) is 2. The monoisotopic (exact) mass is 316 g/mol. The third-order valence-corrected chi connectivity index (χ3v) is 4.83. The highest BCUT2D eigenvalue weighted by Crippen LogP contribution is 2.29. The van der Waals surface area contributed by atoms with E-state index in [1.165, 1.54) is 6.42 Å². The Morgan fingerprint density at radius 1 is 1.18 bits per heavy atom. The first-order chi connectivity index (χ1) is 10.7. The van der Waals surface area contributed by atoms with Gasteiger partial charge in [-0.2, -0.15) is 0 Å². The Balaban J connectivity index is 1.46. The average Bonchev–Trinajstić information content (AvgIpc) is 3.24. The van der Waals surface area contributed by atoms with Gasteiger partial charge in [-0.05, 0) is 55.7 Å². The molecule has 5 heteroatoms. The zero-order valence-electron chi connectivity index (χ0n) is 12.0. The first kappa shape index (κ1) is 13.9. The summed E-state index contributed by atoms with van der Waals surface area (Å²) in [6.07, 6.45) is 3.38. The maximum atomic E-state index is 12.3. The first-order valence-electron chi connectivity index (χ1n) is 7.62. The van der Waals surface area contributed by atoms with E-state index in [-0.39, 0.29) is 11.9 Å². The van der Waals surface area contributed by atoms with Crippen molar-refractivity contribution >= 4 is 17.5 Å². The molecule has 2 fully saturated rings. The fourth-order valence-corrected chi connectivity index (χ4v) is 3.58. The normalized spacial score (nSPS) is 26.3. The molecule has 2 bridgehead atoms. The lowest BCUT2D eigenvalue weighted by atomic mass is 9.95. The molecule has 0 radical (unpaired) electrons. The highest BCUT2D eigenvalue weighted by molar-refractivity contribution is 6.30. The van der Waals surface area contributed by atoms with Gasteiger partial charge < -0.3 is 15.1 Å². The minimum absolute atomic E-state index is 0.139. The van der Waals surface area contributed by atoms with E-state index in [1.807, 2.05) is 18.2 Å². The molecule has 1 aromatic carbocycles. The summed E-state index contributed by atoms with van der Waals surface area (Å²) < 4.78 is 5.69. The zero-order chi connectivity index (χ0) is 15.1. The third-order valence-electron chi connectivity index (χ3n) is 4.58. The van der Waals surface area contributed by atoms with E-state index >= 15 is 0 Å². The van der Waals surface area contributed by atoms with Gasteiger partial charge in [0.1, 0.15) is 5.76 Å². The number of carbonyl (C=O) groups excluding carboxylic acids is 1. The van der Waals surface area contributed by atoms with Gasteiger partial charge in [-0.1, -0.05) is 11.6 Å². The summed E-state index contributed by atoms with van der Waals surface area (Å²) in [6, 6.07) is 12.1. The average molecular weight is 317 g/mol. The van der Waals surface area contributed by atoms with Crippen molar-refractivity contribution in [1.82, 2.24) is 10.6 Å². The predicted octanol–water partition coefficient (Wildman–Crippen LogP) is 3.22. The summed E-state index contributed by atoms with van der Waals surface area (Å²) in [5.74, 6) is 0.889. The summed E-state index contributed by atoms with van der Waals surface area (Å²) in [4.78, 5) is 12.3. The van der Waals surface area contributed by atoms with Crippen LogP contribution in [-0.4, -0.2) is 24.0 Å². The lowest BCUT2D eigenvalue weighted by Crippen LogP contribution is -2.42. The van der Waals surface area contributed by atoms with Crippen LogP contribution in [0, 0.1) is 0 Å². The molecule has 0 aliphatic carbocycles. The Hall–Kier alpha value is -1.78. The van der Waals surface area contributed by atoms with Gasteiger partial charge in [0.2, 0.25) is 0 Å². The molecule has 2 aliphatic rings. The van der Waals surface area contributed by atoms with Crippen molar-refractivity contribution in [2.45, 2.75) is 37.4 Å². The Morgan fingerprint density at radius 3 is 2.68 bits per heavy atom. The molecule has 2 aliphatic heterocycles. The molecule has 2 N–H and O–H groups in total. The summed E-state index contributed by atoms with van der Waals surface area (Å²) >= 11 is 5.88. The molecule has 4 rings (SSSR count). The van der Waals surface area contributed by atoms with Crippen molar-refractivity contribution in [2.75, 3.05) is 0 Å². The standard InChI is InChI=1S/C17H17ClN2O2/c18-11-3-1-10(2-4-11)15-7-8-16(22-15)17(21)20-14-9-12-5-6-13(14)19-12/h1-4,7-8,12-14,19H,5-6,9H2,(H,20,21)/t12?,13?,14-/m1/s1. The Morgan fingerprint density at radius 2 is 2.00 bits per heavy atom. The van der Waals surface area contributed by atoms with E-state index in [9.17, 15) is 4.79 Å². The number of hydrogen-bond donors (Lipinski definition) is 2. The first-order valence-corrected chi connectivity index (χ1v) is 7.99. The fraction of sp³-hybridized carbons (Fsp3) is 0.353. The van der Waals surface area contributed by atoms with Gasteiger partial charge in [0.15, 0.2) is 5.76 Å². The van der Waals surface area contributed by atoms with Crippen LogP contribution in [0.1, 0.15) is 29.8 Å². The Bertz CT molecular complexity index is 695. The number of furan rings is 1. The van der Waals surface area contributed by atoms with E-state index in [4.69, 9.17) is 16.0 Å². The number of benzene rings is 1. The maximum Gasteiger partial charge on any atom is 0.287 e. The quantitative estimate of drug-likeness (QED) is 0.914. The van der Waals surface area contributed by atoms with Crippen molar-refractivity contribution in [2.24, 2.45) is 0 Å². The molecule has 22 heavy (non-hydrogen) atoms. The highest BCUT2D eigenvalue weighted by atomic mass is 35.5. The van der Waals surface area contributed by atoms with E-state index < -0.39 is 0 Å². The molecule has 3 atom stereocenters. The van der Waals surface area contributed by atoms with Crippen LogP contribution < -0.4 is 10.6 Å². The second-order valence-corrected chi connectivity index (χ2v) is 6.47. The number of hydrogen-bond acceptors (Lipinski definition) is 3. The van der Waals surface area contributed by atoms with Crippen LogP contribution in [0.5, 0.6) is 0 Å². The number of carbonyl (C=O) groups is 1. The second-order valence-electron chi connectivity index (χ2n) is 6.03. The largest absolute Gasteiger partial charge is 0.451 e. The molecule has 2 unspecified atom stereocenters. The van der Waals surface area contributed by atoms with Crippen molar-refractivity contribution in [1.29, 1.82) is 0 Å². The number of halogens is 1. The maximum absolute atomic E-state index is 12.3. The third kappa shape index (κ3) is 2.53. The number of amides is 1. The lowest BCUT2D eigenvalue weighted by Gasteiger charge is -2.20. The molecule has 0 spiro atoms. The van der Waals surface area contributed by atoms with Gasteiger partial charge in [0.25, 0.3) is 5.91 Å². The SMILES string of the molecule is O=C(N[C@@H]1CC2CCC1N2)c1ccc(-c2ccc(Cl)cc2)o1. The van der Waals surface area contributed by atoms with E-state index in [2.05, 4.69) is 10.6 Å². The highest BCUT2D eigenvalue weighted by Gasteiger charge is 2.39. The van der Waals surface area contributed by atoms with Crippen LogP contribution >= 0.6 is 11.6 Å². The second kappa shape index (κ2) is 5.45. The van der Waals surface area contributed by atoms with Crippen LogP contribution in [0.3, 0.4) is 0 Å². The topological polar surface area (TPSA) is 54.3 Å². The molecule has 0 saturated carbocycles. The molecule has 4 nitrogen and oxygen atoms in total. The van der Waals surface area contributed by atoms with Gasteiger partial charge in [0.05, 0.1) is 0 Å². The zero-order valence-corrected chi connectivity index (χ0v) is 12.8. The van der Waals surface area contributed by atoms with Gasteiger partial charge in [0, 0.05) is 28.7 Å². The molecular formula is C17H17ClN2O2. The minimum atomic E-state index is -0.139. The summed E-state index contributed by atoms with van der Waals surface area (Å²) in [5.41, 5.74) is 0.907. The van der Waals surface area contributed by atoms with E-state index in [1.54, 1.807) is 18.2 Å². The molecule has 1 amide bonds. The molecule has 1 aromatic heterocycles. The van der Waals surface area contributed by atoms with Crippen LogP contribution in [0.15, 0.2) is 40.8 Å². The van der Waals surface area contributed by atoms with Gasteiger partial charge >= 0.3 is 0 Å². The predicted molar refractivity (Wildman–Crippen MR) is 85.0 cm³/mol. The Kier molecular flexibility index (Phi) is 3.43. The van der Waals surface area contributed by atoms with Crippen LogP contribution in [0.4, 0.5) is 0 Å². The van der Waals surface area contributed by atoms with Crippen molar-refractivity contribution in [3.8, 4) is 11.3 Å². The number of rotatable bonds is 3. The van der Waals surface area contributed by atoms with Crippen molar-refractivity contribution in [3.63, 3.8) is 0 Å². The van der Waals surface area contributed by atoms with Gasteiger partial charge in [-0.3, -0.25) is 4.79 Å². The van der Waals surface area contributed by atoms with E-state index in [0.29, 0.717) is 28.6 Å². The molecule has 2 aromatic rings. The smallest absolute Gasteiger partial charge is 0.287 e. The molecule has 3 heterocycles. The Labute approximate surface area is 133 Å². The van der Waals surface area contributed by atoms with Crippen LogP contribution in [-0.2, 0) is 0 Å². The van der Waals surface area contributed by atoms with Gasteiger partial charge in [-0.15, -0.1) is 0 Å². The van der Waals surface area contributed by atoms with Crippen molar-refractivity contribution < 1.29 is 9.21 Å². The number of fused-ring (bicyclic) bond motifs is 2. The minimum Gasteiger partial charge on any atom is -0.451 e. The van der Waals surface area contributed by atoms with E-state index in [0.717, 1.165) is 18.4 Å². The molecular weight excluding hydrogens is 300 g/mol. The van der Waals surface area contributed by atoms with Gasteiger partial charge in [-0.25, -0.2) is 0 Å². The lowest BCUT2D eigenvalue weighted by molar-refractivity contribution is 0.0903. The van der Waals surface area contributed by atoms with Crippen molar-refractivity contribution in [3.05, 3.63) is 47.2 Å². The van der Waals surface area contributed by atoms with Crippen LogP contribution in [0.2, 0.25) is 5.02 Å². The molecule has 114 valence electrons. The summed E-state index contributed by atoms with van der Waals surface area (Å²) in [6.45, 7) is 0. The molecule has 2 saturated heterocycles. The van der Waals surface area contributed by atoms with Crippen LogP contribution in [0.25, 0.3) is 11.3 Å². The summed E-state index contributed by atoms with van der Waals surface area (Å²) in [7, 11) is 0. The summed E-state index contributed by atoms with van der Waals surface area (Å²) in [5, 5.41) is 7.28. The fourth-order valence-electron chi connectivity index (χ4n) is 3.45.